The lowest BCUT2D eigenvalue weighted by Crippen LogP contribution is -2.46. The van der Waals surface area contributed by atoms with Gasteiger partial charge in [0.15, 0.2) is 0 Å². The average molecular weight is 461 g/mol. The van der Waals surface area contributed by atoms with Crippen molar-refractivity contribution in [3.8, 4) is 0 Å². The largest absolute Gasteiger partial charge is 0.326 e. The summed E-state index contributed by atoms with van der Waals surface area (Å²) in [7, 11) is -3.93. The quantitative estimate of drug-likeness (QED) is 0.635. The molecule has 0 aliphatic carbocycles. The van der Waals surface area contributed by atoms with E-state index in [-0.39, 0.29) is 46.2 Å². The molecule has 3 rings (SSSR count). The Hall–Kier alpha value is -2.52. The summed E-state index contributed by atoms with van der Waals surface area (Å²) in [6.07, 6.45) is 1.37. The van der Waals surface area contributed by atoms with Gasteiger partial charge in [0.1, 0.15) is 4.90 Å². The minimum Gasteiger partial charge on any atom is -0.326 e. The highest BCUT2D eigenvalue weighted by Crippen LogP contribution is 2.36. The molecule has 174 valence electrons. The van der Waals surface area contributed by atoms with Crippen LogP contribution in [0, 0.1) is 5.41 Å². The predicted octanol–water partition coefficient (Wildman–Crippen LogP) is 2.87. The van der Waals surface area contributed by atoms with Gasteiger partial charge in [-0.25, -0.2) is 8.42 Å². The summed E-state index contributed by atoms with van der Waals surface area (Å²) < 4.78 is 29.1. The lowest BCUT2D eigenvalue weighted by molar-refractivity contribution is -0.132. The fourth-order valence-electron chi connectivity index (χ4n) is 4.22. The molecule has 1 aromatic carbocycles. The Morgan fingerprint density at radius 1 is 1.12 bits per heavy atom. The Morgan fingerprint density at radius 3 is 2.28 bits per heavy atom. The van der Waals surface area contributed by atoms with Crippen molar-refractivity contribution in [3.05, 3.63) is 35.7 Å². The number of amides is 2. The molecule has 1 aliphatic heterocycles. The van der Waals surface area contributed by atoms with E-state index in [1.807, 2.05) is 34.6 Å². The standard InChI is InChI=1S/C23H32N4O4S/c1-6-18-22(19(7-2)26(25-18)14-15(3)24)32(30,31)17-10-8-9-16(11-17)27-20(28)12-23(4,5)13-21(27)29/h8-11,15H,6-7,12-14,24H2,1-5H3/t15-/m0/s1. The van der Waals surface area contributed by atoms with Crippen LogP contribution in [-0.4, -0.2) is 36.1 Å². The van der Waals surface area contributed by atoms with Crippen LogP contribution < -0.4 is 10.6 Å². The number of carbonyl (C=O) groups excluding carboxylic acids is 2. The Labute approximate surface area is 189 Å². The Bertz CT molecular complexity index is 1130. The van der Waals surface area contributed by atoms with Crippen molar-refractivity contribution >= 4 is 27.3 Å². The van der Waals surface area contributed by atoms with E-state index in [2.05, 4.69) is 5.10 Å². The smallest absolute Gasteiger partial charge is 0.234 e. The number of nitrogens with zero attached hydrogens (tertiary/aromatic N) is 3. The molecule has 1 saturated heterocycles. The lowest BCUT2D eigenvalue weighted by Gasteiger charge is -2.34. The Morgan fingerprint density at radius 2 is 1.75 bits per heavy atom. The van der Waals surface area contributed by atoms with Gasteiger partial charge in [-0.2, -0.15) is 5.10 Å². The van der Waals surface area contributed by atoms with Crippen LogP contribution in [0.2, 0.25) is 0 Å². The summed E-state index contributed by atoms with van der Waals surface area (Å²) in [5.74, 6) is -0.650. The first-order valence-corrected chi connectivity index (χ1v) is 12.4. The topological polar surface area (TPSA) is 115 Å². The normalized spacial score (nSPS) is 17.6. The third kappa shape index (κ3) is 4.49. The number of rotatable bonds is 7. The minimum absolute atomic E-state index is 0.0326. The fourth-order valence-corrected chi connectivity index (χ4v) is 6.04. The number of imide groups is 1. The maximum atomic E-state index is 13.7. The van der Waals surface area contributed by atoms with E-state index in [9.17, 15) is 18.0 Å². The molecule has 2 heterocycles. The molecule has 1 aromatic heterocycles. The second-order valence-electron chi connectivity index (χ2n) is 9.23. The molecule has 0 bridgehead atoms. The number of hydrogen-bond donors (Lipinski definition) is 1. The zero-order valence-electron chi connectivity index (χ0n) is 19.4. The molecule has 0 spiro atoms. The van der Waals surface area contributed by atoms with Crippen LogP contribution in [-0.2, 0) is 38.8 Å². The van der Waals surface area contributed by atoms with Crippen LogP contribution in [0.15, 0.2) is 34.1 Å². The van der Waals surface area contributed by atoms with Crippen molar-refractivity contribution in [1.29, 1.82) is 0 Å². The summed E-state index contributed by atoms with van der Waals surface area (Å²) in [5, 5.41) is 4.52. The van der Waals surface area contributed by atoms with Crippen LogP contribution in [0.3, 0.4) is 0 Å². The van der Waals surface area contributed by atoms with Gasteiger partial charge in [0, 0.05) is 18.9 Å². The molecule has 2 N–H and O–H groups in total. The molecule has 2 aromatic rings. The molecule has 32 heavy (non-hydrogen) atoms. The average Bonchev–Trinajstić information content (AvgIpc) is 3.04. The van der Waals surface area contributed by atoms with Crippen LogP contribution in [0.5, 0.6) is 0 Å². The first-order chi connectivity index (χ1) is 14.9. The third-order valence-corrected chi connectivity index (χ3v) is 7.50. The maximum Gasteiger partial charge on any atom is 0.234 e. The predicted molar refractivity (Wildman–Crippen MR) is 122 cm³/mol. The number of aryl methyl sites for hydroxylation is 1. The fraction of sp³-hybridized carbons (Fsp3) is 0.522. The highest BCUT2D eigenvalue weighted by atomic mass is 32.2. The van der Waals surface area contributed by atoms with E-state index in [1.54, 1.807) is 16.8 Å². The maximum absolute atomic E-state index is 13.7. The second-order valence-corrected chi connectivity index (χ2v) is 11.1. The summed E-state index contributed by atoms with van der Waals surface area (Å²) >= 11 is 0. The molecule has 1 aliphatic rings. The van der Waals surface area contributed by atoms with Gasteiger partial charge in [-0.05, 0) is 43.4 Å². The highest BCUT2D eigenvalue weighted by Gasteiger charge is 2.38. The van der Waals surface area contributed by atoms with Crippen molar-refractivity contribution in [2.45, 2.75) is 82.7 Å². The summed E-state index contributed by atoms with van der Waals surface area (Å²) in [5.41, 5.74) is 6.90. The number of sulfone groups is 1. The molecule has 2 amide bonds. The molecule has 0 saturated carbocycles. The summed E-state index contributed by atoms with van der Waals surface area (Å²) in [6.45, 7) is 9.76. The van der Waals surface area contributed by atoms with Gasteiger partial charge in [0.2, 0.25) is 21.7 Å². The van der Waals surface area contributed by atoms with Gasteiger partial charge >= 0.3 is 0 Å². The summed E-state index contributed by atoms with van der Waals surface area (Å²) in [6, 6.07) is 5.87. The first kappa shape index (κ1) is 24.1. The van der Waals surface area contributed by atoms with E-state index in [1.165, 1.54) is 12.1 Å². The number of carbonyl (C=O) groups is 2. The Balaban J connectivity index is 2.09. The highest BCUT2D eigenvalue weighted by molar-refractivity contribution is 7.91. The van der Waals surface area contributed by atoms with E-state index in [0.717, 1.165) is 4.90 Å². The van der Waals surface area contributed by atoms with Crippen LogP contribution >= 0.6 is 0 Å². The van der Waals surface area contributed by atoms with Crippen molar-refractivity contribution in [2.24, 2.45) is 11.1 Å². The molecule has 8 nitrogen and oxygen atoms in total. The van der Waals surface area contributed by atoms with E-state index < -0.39 is 15.3 Å². The number of aromatic nitrogens is 2. The van der Waals surface area contributed by atoms with Crippen molar-refractivity contribution in [3.63, 3.8) is 0 Å². The van der Waals surface area contributed by atoms with Crippen LogP contribution in [0.4, 0.5) is 5.69 Å². The molecular weight excluding hydrogens is 428 g/mol. The van der Waals surface area contributed by atoms with Crippen LogP contribution in [0.1, 0.15) is 58.8 Å². The number of anilines is 1. The third-order valence-electron chi connectivity index (χ3n) is 5.62. The number of nitrogens with two attached hydrogens (primary N) is 1. The number of hydrogen-bond acceptors (Lipinski definition) is 6. The van der Waals surface area contributed by atoms with Crippen molar-refractivity contribution in [2.75, 3.05) is 4.90 Å². The SMILES string of the molecule is CCc1nn(C[C@H](C)N)c(CC)c1S(=O)(=O)c1cccc(N2C(=O)CC(C)(C)CC2=O)c1. The lowest BCUT2D eigenvalue weighted by atomic mass is 9.81. The number of benzene rings is 1. The van der Waals surface area contributed by atoms with E-state index >= 15 is 0 Å². The molecule has 1 atom stereocenters. The Kier molecular flexibility index (Phi) is 6.62. The summed E-state index contributed by atoms with van der Waals surface area (Å²) in [4.78, 5) is 26.7. The van der Waals surface area contributed by atoms with Gasteiger partial charge in [0.05, 0.1) is 28.5 Å². The minimum atomic E-state index is -3.93. The second kappa shape index (κ2) is 8.78. The zero-order chi connectivity index (χ0) is 23.8. The monoisotopic (exact) mass is 460 g/mol. The molecule has 9 heteroatoms. The van der Waals surface area contributed by atoms with Gasteiger partial charge in [-0.15, -0.1) is 0 Å². The van der Waals surface area contributed by atoms with E-state index in [4.69, 9.17) is 5.73 Å². The zero-order valence-corrected chi connectivity index (χ0v) is 20.2. The van der Waals surface area contributed by atoms with Crippen molar-refractivity contribution < 1.29 is 18.0 Å². The van der Waals surface area contributed by atoms with Gasteiger partial charge in [-0.1, -0.05) is 33.8 Å². The van der Waals surface area contributed by atoms with Gasteiger partial charge in [-0.3, -0.25) is 19.2 Å². The molecule has 1 fully saturated rings. The van der Waals surface area contributed by atoms with Crippen molar-refractivity contribution in [1.82, 2.24) is 9.78 Å². The van der Waals surface area contributed by atoms with Crippen LogP contribution in [0.25, 0.3) is 0 Å². The molecular formula is C23H32N4O4S. The molecule has 0 unspecified atom stereocenters. The number of piperidine rings is 1. The van der Waals surface area contributed by atoms with E-state index in [0.29, 0.717) is 30.8 Å². The van der Waals surface area contributed by atoms with Gasteiger partial charge in [0.25, 0.3) is 0 Å². The van der Waals surface area contributed by atoms with Gasteiger partial charge < -0.3 is 5.73 Å². The first-order valence-electron chi connectivity index (χ1n) is 11.0. The molecule has 0 radical (unpaired) electrons.